The number of imidazole rings is 1. The first-order valence-corrected chi connectivity index (χ1v) is 9.70. The summed E-state index contributed by atoms with van der Waals surface area (Å²) in [6.07, 6.45) is 5.99. The Kier molecular flexibility index (Phi) is 5.24. The van der Waals surface area contributed by atoms with Crippen LogP contribution in [0.4, 0.5) is 0 Å². The minimum Gasteiger partial charge on any atom is -0.421 e. The fourth-order valence-electron chi connectivity index (χ4n) is 2.69. The Balaban J connectivity index is 1.30. The summed E-state index contributed by atoms with van der Waals surface area (Å²) in [6, 6.07) is 5.73. The zero-order chi connectivity index (χ0) is 19.3. The lowest BCUT2D eigenvalue weighted by Crippen LogP contribution is -2.23. The lowest BCUT2D eigenvalue weighted by atomic mass is 10.2. The Bertz CT molecular complexity index is 1070. The maximum absolute atomic E-state index is 12.2. The summed E-state index contributed by atoms with van der Waals surface area (Å²) >= 11 is 1.57. The molecule has 1 amide bonds. The lowest BCUT2D eigenvalue weighted by Gasteiger charge is -2.08. The Hall–Kier alpha value is -3.33. The van der Waals surface area contributed by atoms with Gasteiger partial charge in [0.05, 0.1) is 0 Å². The second-order valence-electron chi connectivity index (χ2n) is 6.16. The molecule has 8 nitrogen and oxygen atoms in total. The van der Waals surface area contributed by atoms with Gasteiger partial charge in [0.25, 0.3) is 0 Å². The first-order valence-electron chi connectivity index (χ1n) is 8.76. The number of carbonyl (C=O) groups excluding carboxylic acids is 1. The van der Waals surface area contributed by atoms with Gasteiger partial charge in [-0.05, 0) is 36.1 Å². The van der Waals surface area contributed by atoms with E-state index in [9.17, 15) is 4.79 Å². The molecule has 1 N–H and O–H groups in total. The van der Waals surface area contributed by atoms with Crippen LogP contribution >= 0.6 is 11.3 Å². The van der Waals surface area contributed by atoms with E-state index in [1.54, 1.807) is 23.7 Å². The Labute approximate surface area is 165 Å². The summed E-state index contributed by atoms with van der Waals surface area (Å²) in [7, 11) is 0. The monoisotopic (exact) mass is 394 g/mol. The minimum atomic E-state index is -0.0764. The van der Waals surface area contributed by atoms with Crippen LogP contribution in [-0.4, -0.2) is 30.6 Å². The Morgan fingerprint density at radius 1 is 1.25 bits per heavy atom. The number of carbonyl (C=O) groups is 1. The molecule has 0 fully saturated rings. The summed E-state index contributed by atoms with van der Waals surface area (Å²) in [5, 5.41) is 14.8. The van der Waals surface area contributed by atoms with Crippen molar-refractivity contribution in [3.8, 4) is 17.3 Å². The van der Waals surface area contributed by atoms with Crippen LogP contribution in [0.15, 0.2) is 52.0 Å². The highest BCUT2D eigenvalue weighted by Gasteiger charge is 2.11. The Morgan fingerprint density at radius 3 is 2.96 bits per heavy atom. The zero-order valence-corrected chi connectivity index (χ0v) is 16.0. The molecule has 0 aromatic carbocycles. The van der Waals surface area contributed by atoms with Gasteiger partial charge in [-0.3, -0.25) is 9.36 Å². The van der Waals surface area contributed by atoms with E-state index in [-0.39, 0.29) is 12.3 Å². The summed E-state index contributed by atoms with van der Waals surface area (Å²) in [4.78, 5) is 20.7. The molecule has 0 saturated carbocycles. The molecule has 0 aliphatic rings. The fourth-order valence-corrected chi connectivity index (χ4v) is 3.32. The molecule has 0 atom stereocenters. The van der Waals surface area contributed by atoms with Crippen molar-refractivity contribution in [2.75, 3.05) is 0 Å². The molecule has 142 valence electrons. The number of pyridine rings is 1. The molecular formula is C19H18N6O2S. The molecule has 4 heterocycles. The predicted molar refractivity (Wildman–Crippen MR) is 104 cm³/mol. The number of rotatable bonds is 7. The van der Waals surface area contributed by atoms with Crippen molar-refractivity contribution in [1.29, 1.82) is 0 Å². The highest BCUT2D eigenvalue weighted by Crippen LogP contribution is 2.20. The molecule has 0 aliphatic heterocycles. The van der Waals surface area contributed by atoms with Crippen molar-refractivity contribution >= 4 is 17.2 Å². The third-order valence-electron chi connectivity index (χ3n) is 4.17. The van der Waals surface area contributed by atoms with Gasteiger partial charge in [0.1, 0.15) is 11.6 Å². The van der Waals surface area contributed by atoms with Crippen LogP contribution < -0.4 is 5.32 Å². The summed E-state index contributed by atoms with van der Waals surface area (Å²) < 4.78 is 7.49. The number of nitrogens with one attached hydrogen (secondary N) is 1. The molecule has 0 bridgehead atoms. The Morgan fingerprint density at radius 2 is 2.18 bits per heavy atom. The van der Waals surface area contributed by atoms with Crippen LogP contribution in [0.1, 0.15) is 23.7 Å². The maximum Gasteiger partial charge on any atom is 0.248 e. The second-order valence-corrected chi connectivity index (χ2v) is 6.94. The number of aromatic nitrogens is 5. The number of hydrogen-bond acceptors (Lipinski definition) is 7. The van der Waals surface area contributed by atoms with E-state index >= 15 is 0 Å². The van der Waals surface area contributed by atoms with Crippen molar-refractivity contribution in [1.82, 2.24) is 30.0 Å². The molecule has 28 heavy (non-hydrogen) atoms. The van der Waals surface area contributed by atoms with Gasteiger partial charge >= 0.3 is 0 Å². The fraction of sp³-hybridized carbons (Fsp3) is 0.211. The van der Waals surface area contributed by atoms with E-state index in [0.717, 1.165) is 22.8 Å². The van der Waals surface area contributed by atoms with Crippen LogP contribution in [0, 0.1) is 6.92 Å². The van der Waals surface area contributed by atoms with Crippen LogP contribution in [0.25, 0.3) is 17.3 Å². The number of hydrogen-bond donors (Lipinski definition) is 1. The average Bonchev–Trinajstić information content (AvgIpc) is 3.46. The highest BCUT2D eigenvalue weighted by atomic mass is 32.1. The van der Waals surface area contributed by atoms with Crippen LogP contribution in [0.3, 0.4) is 0 Å². The summed E-state index contributed by atoms with van der Waals surface area (Å²) in [5.74, 6) is 2.49. The lowest BCUT2D eigenvalue weighted by molar-refractivity contribution is -0.121. The van der Waals surface area contributed by atoms with Gasteiger partial charge in [-0.15, -0.1) is 10.2 Å². The van der Waals surface area contributed by atoms with E-state index in [1.165, 1.54) is 0 Å². The van der Waals surface area contributed by atoms with Gasteiger partial charge in [0, 0.05) is 48.9 Å². The van der Waals surface area contributed by atoms with E-state index in [1.807, 2.05) is 46.6 Å². The van der Waals surface area contributed by atoms with E-state index < -0.39 is 0 Å². The maximum atomic E-state index is 12.2. The molecule has 4 rings (SSSR count). The van der Waals surface area contributed by atoms with Gasteiger partial charge in [0.2, 0.25) is 17.7 Å². The van der Waals surface area contributed by atoms with Crippen molar-refractivity contribution < 1.29 is 9.21 Å². The molecule has 0 radical (unpaired) electrons. The quantitative estimate of drug-likeness (QED) is 0.517. The van der Waals surface area contributed by atoms with E-state index in [2.05, 4.69) is 25.5 Å². The first-order chi connectivity index (χ1) is 13.7. The molecule has 9 heteroatoms. The number of thiophene rings is 1. The topological polar surface area (TPSA) is 98.7 Å². The van der Waals surface area contributed by atoms with E-state index in [0.29, 0.717) is 24.7 Å². The third kappa shape index (κ3) is 4.15. The predicted octanol–water partition coefficient (Wildman–Crippen LogP) is 2.94. The van der Waals surface area contributed by atoms with Gasteiger partial charge in [-0.2, -0.15) is 11.3 Å². The summed E-state index contributed by atoms with van der Waals surface area (Å²) in [6.45, 7) is 2.34. The summed E-state index contributed by atoms with van der Waals surface area (Å²) in [5.41, 5.74) is 1.86. The molecule has 0 aliphatic carbocycles. The number of amides is 1. The molecule has 0 saturated heterocycles. The van der Waals surface area contributed by atoms with Crippen LogP contribution in [0.5, 0.6) is 0 Å². The largest absolute Gasteiger partial charge is 0.421 e. The third-order valence-corrected chi connectivity index (χ3v) is 4.86. The van der Waals surface area contributed by atoms with Crippen LogP contribution in [-0.2, 0) is 17.8 Å². The van der Waals surface area contributed by atoms with Crippen molar-refractivity contribution in [2.45, 2.75) is 26.3 Å². The van der Waals surface area contributed by atoms with Crippen molar-refractivity contribution in [3.05, 3.63) is 64.8 Å². The molecule has 4 aromatic heterocycles. The van der Waals surface area contributed by atoms with Gasteiger partial charge in [-0.25, -0.2) is 9.97 Å². The van der Waals surface area contributed by atoms with Gasteiger partial charge in [-0.1, -0.05) is 0 Å². The molecule has 4 aromatic rings. The number of aryl methyl sites for hydroxylation is 2. The SMILES string of the molecule is Cc1nccn1-c1cc(CNC(=O)CCc2nnc(-c3ccsc3)o2)ccn1. The average molecular weight is 394 g/mol. The normalized spacial score (nSPS) is 10.9. The smallest absolute Gasteiger partial charge is 0.248 e. The molecule has 0 unspecified atom stereocenters. The van der Waals surface area contributed by atoms with Crippen molar-refractivity contribution in [2.24, 2.45) is 0 Å². The highest BCUT2D eigenvalue weighted by molar-refractivity contribution is 7.08. The second kappa shape index (κ2) is 8.13. The molecular weight excluding hydrogens is 376 g/mol. The van der Waals surface area contributed by atoms with Crippen molar-refractivity contribution in [3.63, 3.8) is 0 Å². The zero-order valence-electron chi connectivity index (χ0n) is 15.2. The number of nitrogens with zero attached hydrogens (tertiary/aromatic N) is 5. The standard InChI is InChI=1S/C19H18N6O2S/c1-13-20-7-8-25(13)16-10-14(4-6-21-16)11-22-17(26)2-3-18-23-24-19(27-18)15-5-9-28-12-15/h4-10,12H,2-3,11H2,1H3,(H,22,26). The van der Waals surface area contributed by atoms with Gasteiger partial charge in [0.15, 0.2) is 0 Å². The molecule has 0 spiro atoms. The van der Waals surface area contributed by atoms with Gasteiger partial charge < -0.3 is 9.73 Å². The van der Waals surface area contributed by atoms with E-state index in [4.69, 9.17) is 4.42 Å². The van der Waals surface area contributed by atoms with Crippen LogP contribution in [0.2, 0.25) is 0 Å². The minimum absolute atomic E-state index is 0.0764. The first kappa shape index (κ1) is 18.1.